The van der Waals surface area contributed by atoms with Gasteiger partial charge in [0.25, 0.3) is 0 Å². The van der Waals surface area contributed by atoms with E-state index >= 15 is 4.39 Å². The van der Waals surface area contributed by atoms with Gasteiger partial charge in [0, 0.05) is 5.69 Å². The number of nitrogens with zero attached hydrogens (tertiary/aromatic N) is 1. The molecule has 0 unspecified atom stereocenters. The molecule has 15 heteroatoms. The van der Waals surface area contributed by atoms with E-state index in [1.165, 1.54) is 29.2 Å². The third-order valence-electron chi connectivity index (χ3n) is 8.09. The molecule has 0 aromatic heterocycles. The monoisotopic (exact) mass is 730 g/mol. The summed E-state index contributed by atoms with van der Waals surface area (Å²) >= 11 is 0. The van der Waals surface area contributed by atoms with Crippen LogP contribution in [-0.2, 0) is 25.7 Å². The van der Waals surface area contributed by atoms with Gasteiger partial charge in [-0.15, -0.1) is 0 Å². The summed E-state index contributed by atoms with van der Waals surface area (Å²) in [7, 11) is 0. The van der Waals surface area contributed by atoms with Gasteiger partial charge in [0.1, 0.15) is 35.3 Å². The molecule has 2 aromatic rings. The quantitative estimate of drug-likeness (QED) is 0.0999. The second kappa shape index (κ2) is 20.2. The minimum Gasteiger partial charge on any atom is -0.508 e. The molecule has 0 aliphatic carbocycles. The summed E-state index contributed by atoms with van der Waals surface area (Å²) in [4.78, 5) is 66.7. The highest BCUT2D eigenvalue weighted by Gasteiger charge is 2.32. The van der Waals surface area contributed by atoms with Crippen molar-refractivity contribution in [3.63, 3.8) is 0 Å². The molecule has 0 spiro atoms. The molecule has 0 bridgehead atoms. The number of aliphatic carboxylic acids is 1. The van der Waals surface area contributed by atoms with Crippen LogP contribution in [0.25, 0.3) is 0 Å². The number of alkyl carbamates (subject to hydrolysis) is 1. The van der Waals surface area contributed by atoms with Gasteiger partial charge >= 0.3 is 18.1 Å². The molecule has 288 valence electrons. The zero-order valence-electron chi connectivity index (χ0n) is 31.1. The van der Waals surface area contributed by atoms with Gasteiger partial charge in [-0.1, -0.05) is 46.2 Å². The van der Waals surface area contributed by atoms with Crippen LogP contribution in [0.5, 0.6) is 5.75 Å². The number of urea groups is 1. The molecule has 14 nitrogen and oxygen atoms in total. The summed E-state index contributed by atoms with van der Waals surface area (Å²) in [5.41, 5.74) is 5.20. The van der Waals surface area contributed by atoms with E-state index in [1.54, 1.807) is 39.8 Å². The number of anilines is 2. The third-order valence-corrected chi connectivity index (χ3v) is 8.09. The second-order valence-corrected chi connectivity index (χ2v) is 14.2. The average Bonchev–Trinajstić information content (AvgIpc) is 3.05. The van der Waals surface area contributed by atoms with Crippen molar-refractivity contribution in [3.8, 4) is 5.75 Å². The molecule has 0 saturated carbocycles. The molecule has 0 saturated heterocycles. The van der Waals surface area contributed by atoms with Crippen molar-refractivity contribution in [1.82, 2.24) is 16.0 Å². The third kappa shape index (κ3) is 14.4. The number of ether oxygens (including phenoxy) is 1. The van der Waals surface area contributed by atoms with Crippen molar-refractivity contribution < 1.29 is 43.3 Å². The summed E-state index contributed by atoms with van der Waals surface area (Å²) < 4.78 is 20.6. The largest absolute Gasteiger partial charge is 0.508 e. The van der Waals surface area contributed by atoms with Crippen LogP contribution >= 0.6 is 0 Å². The Hall–Kier alpha value is -4.92. The van der Waals surface area contributed by atoms with Crippen LogP contribution in [0, 0.1) is 17.7 Å². The van der Waals surface area contributed by atoms with Gasteiger partial charge in [-0.3, -0.25) is 14.5 Å². The van der Waals surface area contributed by atoms with E-state index in [1.807, 2.05) is 20.8 Å². The van der Waals surface area contributed by atoms with Gasteiger partial charge in [-0.2, -0.15) is 0 Å². The fraction of sp³-hybridized carbons (Fsp3) is 0.541. The lowest BCUT2D eigenvalue weighted by Gasteiger charge is -2.30. The van der Waals surface area contributed by atoms with Crippen molar-refractivity contribution in [2.75, 3.05) is 16.8 Å². The Morgan fingerprint density at radius 1 is 0.923 bits per heavy atom. The fourth-order valence-corrected chi connectivity index (χ4v) is 5.14. The maximum Gasteiger partial charge on any atom is 0.408 e. The predicted molar refractivity (Wildman–Crippen MR) is 196 cm³/mol. The van der Waals surface area contributed by atoms with Crippen LogP contribution in [-0.4, -0.2) is 70.4 Å². The van der Waals surface area contributed by atoms with Gasteiger partial charge in [0.2, 0.25) is 11.8 Å². The summed E-state index contributed by atoms with van der Waals surface area (Å²) in [6.07, 6.45) is 1.08. The molecule has 8 N–H and O–H groups in total. The number of nitrogens with one attached hydrogen (secondary N) is 4. The van der Waals surface area contributed by atoms with Crippen LogP contribution in [0.2, 0.25) is 0 Å². The van der Waals surface area contributed by atoms with Crippen LogP contribution in [0.4, 0.5) is 25.4 Å². The number of benzene rings is 2. The van der Waals surface area contributed by atoms with Crippen molar-refractivity contribution in [3.05, 3.63) is 53.8 Å². The first-order valence-electron chi connectivity index (χ1n) is 17.5. The lowest BCUT2D eigenvalue weighted by Crippen LogP contribution is -2.56. The Kier molecular flexibility index (Phi) is 16.8. The molecular weight excluding hydrogens is 675 g/mol. The number of carbonyl (C=O) groups is 5. The molecule has 0 aliphatic heterocycles. The van der Waals surface area contributed by atoms with E-state index in [0.29, 0.717) is 31.4 Å². The number of amides is 5. The van der Waals surface area contributed by atoms with Crippen molar-refractivity contribution in [1.29, 1.82) is 0 Å². The normalized spacial score (nSPS) is 13.7. The summed E-state index contributed by atoms with van der Waals surface area (Å²) in [5.74, 6) is -3.86. The molecule has 0 heterocycles. The maximum absolute atomic E-state index is 15.3. The van der Waals surface area contributed by atoms with E-state index in [9.17, 15) is 34.2 Å². The Morgan fingerprint density at radius 3 is 2.13 bits per heavy atom. The van der Waals surface area contributed by atoms with Crippen LogP contribution in [0.15, 0.2) is 42.5 Å². The smallest absolute Gasteiger partial charge is 0.408 e. The minimum absolute atomic E-state index is 0.00423. The van der Waals surface area contributed by atoms with Crippen LogP contribution in [0.3, 0.4) is 0 Å². The van der Waals surface area contributed by atoms with E-state index < -0.39 is 65.4 Å². The molecule has 52 heavy (non-hydrogen) atoms. The zero-order chi connectivity index (χ0) is 39.2. The number of hydrogen-bond donors (Lipinski definition) is 7. The van der Waals surface area contributed by atoms with Crippen molar-refractivity contribution >= 4 is 41.3 Å². The first-order valence-corrected chi connectivity index (χ1v) is 17.5. The van der Waals surface area contributed by atoms with Crippen LogP contribution in [0.1, 0.15) is 86.1 Å². The van der Waals surface area contributed by atoms with E-state index in [-0.39, 0.29) is 42.4 Å². The number of nitrogens with two attached hydrogens (primary N) is 1. The number of carboxylic acids is 1. The predicted octanol–water partition coefficient (Wildman–Crippen LogP) is 5.24. The number of unbranched alkanes of at least 4 members (excludes halogenated alkanes) is 1. The highest BCUT2D eigenvalue weighted by atomic mass is 19.1. The highest BCUT2D eigenvalue weighted by molar-refractivity contribution is 5.99. The standard InChI is InChI=1S/C37H55FN6O8/c1-8-23(4)31(33(47)41-30(34(48)49)19-22(2)3)43-35(50)44(21-24-12-15-26(45)16-13-24)25-14-17-27(38)29(20-25)40-32(46)28(11-9-10-18-39)42-36(51)52-37(5,6)7/h12-17,20,22-23,28,30-31,45H,8-11,18-19,21,39H2,1-7H3,(H,40,46)(H,41,47)(H,42,51)(H,43,50)(H,48,49)/t23-,28-,30-,31-/m0/s1. The zero-order valence-corrected chi connectivity index (χ0v) is 31.1. The number of hydrogen-bond acceptors (Lipinski definition) is 8. The number of carbonyl (C=O) groups excluding carboxylic acids is 4. The Labute approximate surface area is 305 Å². The topological polar surface area (TPSA) is 212 Å². The number of carboxylic acid groups (broad SMARTS) is 1. The van der Waals surface area contributed by atoms with E-state index in [4.69, 9.17) is 10.5 Å². The lowest BCUT2D eigenvalue weighted by atomic mass is 9.97. The molecule has 5 amide bonds. The van der Waals surface area contributed by atoms with E-state index in [0.717, 1.165) is 6.07 Å². The first kappa shape index (κ1) is 43.2. The van der Waals surface area contributed by atoms with Gasteiger partial charge in [0.05, 0.1) is 12.2 Å². The highest BCUT2D eigenvalue weighted by Crippen LogP contribution is 2.26. The van der Waals surface area contributed by atoms with Crippen molar-refractivity contribution in [2.24, 2.45) is 17.6 Å². The maximum atomic E-state index is 15.3. The minimum atomic E-state index is -1.20. The number of phenolic OH excluding ortho intramolecular Hbond substituents is 1. The van der Waals surface area contributed by atoms with Crippen LogP contribution < -0.4 is 31.9 Å². The molecule has 0 aliphatic rings. The van der Waals surface area contributed by atoms with Gasteiger partial charge in [-0.05, 0) is 101 Å². The summed E-state index contributed by atoms with van der Waals surface area (Å²) in [5, 5.41) is 29.9. The van der Waals surface area contributed by atoms with Gasteiger partial charge < -0.3 is 42.0 Å². The molecule has 2 aromatic carbocycles. The summed E-state index contributed by atoms with van der Waals surface area (Å²) in [6, 6.07) is 5.49. The molecule has 2 rings (SSSR count). The molecule has 0 fully saturated rings. The Balaban J connectivity index is 2.48. The number of rotatable bonds is 18. The number of phenols is 1. The van der Waals surface area contributed by atoms with E-state index in [2.05, 4.69) is 21.3 Å². The Morgan fingerprint density at radius 2 is 1.58 bits per heavy atom. The number of halogens is 1. The average molecular weight is 731 g/mol. The van der Waals surface area contributed by atoms with Gasteiger partial charge in [0.15, 0.2) is 0 Å². The van der Waals surface area contributed by atoms with Crippen molar-refractivity contribution in [2.45, 2.75) is 111 Å². The molecule has 0 radical (unpaired) electrons. The SMILES string of the molecule is CC[C@H](C)[C@H](NC(=O)N(Cc1ccc(O)cc1)c1ccc(F)c(NC(=O)[C@H](CCCCN)NC(=O)OC(C)(C)C)c1)C(=O)N[C@@H](CC(C)C)C(=O)O. The number of aromatic hydroxyl groups is 1. The lowest BCUT2D eigenvalue weighted by molar-refractivity contribution is -0.142. The van der Waals surface area contributed by atoms with Gasteiger partial charge in [-0.25, -0.2) is 18.8 Å². The second-order valence-electron chi connectivity index (χ2n) is 14.2. The fourth-order valence-electron chi connectivity index (χ4n) is 5.14. The molecular formula is C37H55FN6O8. The summed E-state index contributed by atoms with van der Waals surface area (Å²) in [6.45, 7) is 12.5. The molecule has 4 atom stereocenters. The first-order chi connectivity index (χ1) is 24.3. The Bertz CT molecular complexity index is 1510.